The van der Waals surface area contributed by atoms with Crippen molar-refractivity contribution >= 4 is 5.71 Å². The molecule has 4 nitrogen and oxygen atoms in total. The Labute approximate surface area is 120 Å². The predicted octanol–water partition coefficient (Wildman–Crippen LogP) is 2.64. The summed E-state index contributed by atoms with van der Waals surface area (Å²) in [5, 5.41) is 12.9. The van der Waals surface area contributed by atoms with Crippen LogP contribution in [0.25, 0.3) is 0 Å². The van der Waals surface area contributed by atoms with Gasteiger partial charge in [0.1, 0.15) is 12.3 Å². The zero-order chi connectivity index (χ0) is 15.2. The standard InChI is InChI=1S/C15H14F2N2O2/c1-2-21-19-15(11-4-5-12(16)13(17)7-11)14-6-3-10(9-20)8-18-14/h3-8,20H,2,9H2,1H3/b19-15+. The van der Waals surface area contributed by atoms with Gasteiger partial charge in [-0.1, -0.05) is 11.2 Å². The third-order valence-corrected chi connectivity index (χ3v) is 2.73. The summed E-state index contributed by atoms with van der Waals surface area (Å²) in [6, 6.07) is 6.76. The highest BCUT2D eigenvalue weighted by atomic mass is 19.2. The fraction of sp³-hybridized carbons (Fsp3) is 0.200. The fourth-order valence-electron chi connectivity index (χ4n) is 1.68. The Hall–Kier alpha value is -2.34. The molecule has 2 rings (SSSR count). The van der Waals surface area contributed by atoms with Crippen molar-refractivity contribution in [3.8, 4) is 0 Å². The largest absolute Gasteiger partial charge is 0.396 e. The van der Waals surface area contributed by atoms with Gasteiger partial charge in [-0.2, -0.15) is 0 Å². The molecule has 1 heterocycles. The number of pyridine rings is 1. The molecule has 1 aromatic heterocycles. The molecule has 0 bridgehead atoms. The molecule has 0 atom stereocenters. The van der Waals surface area contributed by atoms with E-state index in [1.54, 1.807) is 19.1 Å². The molecule has 0 saturated heterocycles. The first-order chi connectivity index (χ1) is 10.2. The van der Waals surface area contributed by atoms with E-state index in [-0.39, 0.29) is 6.61 Å². The van der Waals surface area contributed by atoms with Crippen molar-refractivity contribution in [1.29, 1.82) is 0 Å². The van der Waals surface area contributed by atoms with E-state index in [1.807, 2.05) is 0 Å². The molecule has 21 heavy (non-hydrogen) atoms. The fourth-order valence-corrected chi connectivity index (χ4v) is 1.68. The first-order valence-electron chi connectivity index (χ1n) is 6.37. The summed E-state index contributed by atoms with van der Waals surface area (Å²) in [6.45, 7) is 1.97. The van der Waals surface area contributed by atoms with Gasteiger partial charge >= 0.3 is 0 Å². The Morgan fingerprint density at radius 3 is 2.62 bits per heavy atom. The van der Waals surface area contributed by atoms with Gasteiger partial charge in [-0.25, -0.2) is 8.78 Å². The van der Waals surface area contributed by atoms with E-state index in [9.17, 15) is 8.78 Å². The quantitative estimate of drug-likeness (QED) is 0.681. The summed E-state index contributed by atoms with van der Waals surface area (Å²) in [7, 11) is 0. The van der Waals surface area contributed by atoms with E-state index in [2.05, 4.69) is 10.1 Å². The van der Waals surface area contributed by atoms with Crippen LogP contribution in [0.3, 0.4) is 0 Å². The second-order valence-corrected chi connectivity index (χ2v) is 4.20. The number of halogens is 2. The zero-order valence-corrected chi connectivity index (χ0v) is 11.4. The van der Waals surface area contributed by atoms with Crippen LogP contribution in [-0.4, -0.2) is 22.4 Å². The summed E-state index contributed by atoms with van der Waals surface area (Å²) >= 11 is 0. The highest BCUT2D eigenvalue weighted by molar-refractivity contribution is 6.11. The molecule has 0 aliphatic heterocycles. The molecule has 0 aliphatic carbocycles. The third kappa shape index (κ3) is 3.61. The van der Waals surface area contributed by atoms with Crippen LogP contribution in [0.15, 0.2) is 41.7 Å². The van der Waals surface area contributed by atoms with Crippen LogP contribution in [-0.2, 0) is 11.4 Å². The number of aromatic nitrogens is 1. The van der Waals surface area contributed by atoms with Crippen LogP contribution < -0.4 is 0 Å². The monoisotopic (exact) mass is 292 g/mol. The van der Waals surface area contributed by atoms with Crippen molar-refractivity contribution in [2.75, 3.05) is 6.61 Å². The molecule has 1 aromatic carbocycles. The van der Waals surface area contributed by atoms with Gasteiger partial charge in [0.05, 0.1) is 12.3 Å². The van der Waals surface area contributed by atoms with Crippen LogP contribution in [0.2, 0.25) is 0 Å². The Morgan fingerprint density at radius 1 is 1.24 bits per heavy atom. The topological polar surface area (TPSA) is 54.7 Å². The number of rotatable bonds is 5. The third-order valence-electron chi connectivity index (χ3n) is 2.73. The molecule has 0 saturated carbocycles. The number of aliphatic hydroxyl groups is 1. The average Bonchev–Trinajstić information content (AvgIpc) is 2.51. The molecule has 6 heteroatoms. The van der Waals surface area contributed by atoms with E-state index in [0.717, 1.165) is 12.1 Å². The summed E-state index contributed by atoms with van der Waals surface area (Å²) in [5.74, 6) is -1.90. The molecule has 2 aromatic rings. The van der Waals surface area contributed by atoms with Crippen molar-refractivity contribution < 1.29 is 18.7 Å². The van der Waals surface area contributed by atoms with E-state index in [0.29, 0.717) is 29.1 Å². The molecule has 1 N–H and O–H groups in total. The molecule has 0 aliphatic rings. The number of hydrogen-bond donors (Lipinski definition) is 1. The van der Waals surface area contributed by atoms with Crippen LogP contribution in [0.5, 0.6) is 0 Å². The van der Waals surface area contributed by atoms with Gasteiger partial charge < -0.3 is 9.94 Å². The van der Waals surface area contributed by atoms with Gasteiger partial charge in [0.2, 0.25) is 0 Å². The van der Waals surface area contributed by atoms with Gasteiger partial charge in [-0.05, 0) is 36.8 Å². The molecular formula is C15H14F2N2O2. The Balaban J connectivity index is 2.44. The SMILES string of the molecule is CCO/N=C(\c1ccc(F)c(F)c1)c1ccc(CO)cn1. The summed E-state index contributed by atoms with van der Waals surface area (Å²) in [5.41, 5.74) is 1.72. The van der Waals surface area contributed by atoms with Gasteiger partial charge in [-0.15, -0.1) is 0 Å². The molecule has 110 valence electrons. The maximum absolute atomic E-state index is 13.4. The van der Waals surface area contributed by atoms with Crippen LogP contribution in [0.1, 0.15) is 23.7 Å². The first kappa shape index (κ1) is 15.1. The molecule has 0 spiro atoms. The highest BCUT2D eigenvalue weighted by Crippen LogP contribution is 2.14. The summed E-state index contributed by atoms with van der Waals surface area (Å²) in [4.78, 5) is 9.16. The lowest BCUT2D eigenvalue weighted by molar-refractivity contribution is 0.159. The van der Waals surface area contributed by atoms with Crippen molar-refractivity contribution in [3.05, 3.63) is 65.0 Å². The zero-order valence-electron chi connectivity index (χ0n) is 11.4. The smallest absolute Gasteiger partial charge is 0.159 e. The lowest BCUT2D eigenvalue weighted by atomic mass is 10.1. The van der Waals surface area contributed by atoms with Gasteiger partial charge in [-0.3, -0.25) is 4.98 Å². The minimum Gasteiger partial charge on any atom is -0.396 e. The number of oxime groups is 1. The van der Waals surface area contributed by atoms with Crippen LogP contribution >= 0.6 is 0 Å². The highest BCUT2D eigenvalue weighted by Gasteiger charge is 2.12. The van der Waals surface area contributed by atoms with E-state index in [4.69, 9.17) is 9.94 Å². The Morgan fingerprint density at radius 2 is 2.05 bits per heavy atom. The number of hydrogen-bond acceptors (Lipinski definition) is 4. The van der Waals surface area contributed by atoms with Crippen LogP contribution in [0, 0.1) is 11.6 Å². The summed E-state index contributed by atoms with van der Waals surface area (Å²) in [6.07, 6.45) is 1.48. The van der Waals surface area contributed by atoms with E-state index >= 15 is 0 Å². The number of aliphatic hydroxyl groups excluding tert-OH is 1. The average molecular weight is 292 g/mol. The van der Waals surface area contributed by atoms with E-state index < -0.39 is 11.6 Å². The molecule has 0 amide bonds. The predicted molar refractivity (Wildman–Crippen MR) is 73.8 cm³/mol. The minimum absolute atomic E-state index is 0.129. The lowest BCUT2D eigenvalue weighted by Crippen LogP contribution is -2.08. The van der Waals surface area contributed by atoms with Crippen LogP contribution in [0.4, 0.5) is 8.78 Å². The van der Waals surface area contributed by atoms with Gasteiger partial charge in [0.25, 0.3) is 0 Å². The molecule has 0 fully saturated rings. The minimum atomic E-state index is -0.969. The Bertz CT molecular complexity index is 643. The maximum atomic E-state index is 13.4. The second kappa shape index (κ2) is 6.90. The normalized spacial score (nSPS) is 11.5. The maximum Gasteiger partial charge on any atom is 0.159 e. The lowest BCUT2D eigenvalue weighted by Gasteiger charge is -2.07. The molecule has 0 radical (unpaired) electrons. The van der Waals surface area contributed by atoms with E-state index in [1.165, 1.54) is 12.3 Å². The van der Waals surface area contributed by atoms with Crippen molar-refractivity contribution in [2.45, 2.75) is 13.5 Å². The van der Waals surface area contributed by atoms with Crippen molar-refractivity contribution in [3.63, 3.8) is 0 Å². The van der Waals surface area contributed by atoms with Gasteiger partial charge in [0, 0.05) is 11.8 Å². The molecular weight excluding hydrogens is 278 g/mol. The Kier molecular flexibility index (Phi) is 4.94. The van der Waals surface area contributed by atoms with Gasteiger partial charge in [0.15, 0.2) is 11.6 Å². The van der Waals surface area contributed by atoms with Crippen molar-refractivity contribution in [2.24, 2.45) is 5.16 Å². The first-order valence-corrected chi connectivity index (χ1v) is 6.37. The summed E-state index contributed by atoms with van der Waals surface area (Å²) < 4.78 is 26.4. The number of nitrogens with zero attached hydrogens (tertiary/aromatic N) is 2. The molecule has 0 unspecified atom stereocenters. The van der Waals surface area contributed by atoms with Crippen molar-refractivity contribution in [1.82, 2.24) is 4.98 Å². The second-order valence-electron chi connectivity index (χ2n) is 4.20. The number of benzene rings is 1.